The van der Waals surface area contributed by atoms with Crippen LogP contribution in [0, 0.1) is 5.82 Å². The van der Waals surface area contributed by atoms with Gasteiger partial charge < -0.3 is 9.80 Å². The van der Waals surface area contributed by atoms with Crippen LogP contribution in [-0.2, 0) is 5.75 Å². The molecular formula is C29H23Cl2FN6OS2. The molecule has 41 heavy (non-hydrogen) atoms. The maximum atomic E-state index is 14.2. The van der Waals surface area contributed by atoms with Crippen molar-refractivity contribution in [3.63, 3.8) is 0 Å². The summed E-state index contributed by atoms with van der Waals surface area (Å²) in [5, 5.41) is 13.3. The Hall–Kier alpha value is -3.44. The minimum atomic E-state index is -0.251. The molecule has 208 valence electrons. The van der Waals surface area contributed by atoms with Crippen LogP contribution >= 0.6 is 46.3 Å². The first-order valence-electron chi connectivity index (χ1n) is 12.8. The Kier molecular flexibility index (Phi) is 8.25. The number of hydrogen-bond donors (Lipinski definition) is 0. The second kappa shape index (κ2) is 12.2. The molecule has 0 atom stereocenters. The zero-order valence-corrected chi connectivity index (χ0v) is 24.7. The lowest BCUT2D eigenvalue weighted by Gasteiger charge is -2.35. The number of para-hydroxylation sites is 1. The summed E-state index contributed by atoms with van der Waals surface area (Å²) in [5.41, 5.74) is 2.55. The molecule has 1 fully saturated rings. The van der Waals surface area contributed by atoms with Crippen molar-refractivity contribution in [1.82, 2.24) is 24.6 Å². The summed E-state index contributed by atoms with van der Waals surface area (Å²) in [7, 11) is 0. The van der Waals surface area contributed by atoms with Crippen molar-refractivity contribution in [2.75, 3.05) is 31.1 Å². The van der Waals surface area contributed by atoms with Crippen LogP contribution in [0.2, 0.25) is 10.0 Å². The Morgan fingerprint density at radius 2 is 1.73 bits per heavy atom. The van der Waals surface area contributed by atoms with Gasteiger partial charge in [0, 0.05) is 42.1 Å². The first-order chi connectivity index (χ1) is 20.0. The lowest BCUT2D eigenvalue weighted by Crippen LogP contribution is -2.49. The van der Waals surface area contributed by atoms with E-state index in [0.717, 1.165) is 16.3 Å². The predicted molar refractivity (Wildman–Crippen MR) is 163 cm³/mol. The van der Waals surface area contributed by atoms with E-state index in [1.165, 1.54) is 29.2 Å². The zero-order chi connectivity index (χ0) is 28.3. The molecule has 0 radical (unpaired) electrons. The Morgan fingerprint density at radius 1 is 0.951 bits per heavy atom. The van der Waals surface area contributed by atoms with Crippen LogP contribution in [0.3, 0.4) is 0 Å². The number of rotatable bonds is 7. The number of thiazole rings is 1. The molecular weight excluding hydrogens is 602 g/mol. The van der Waals surface area contributed by atoms with Gasteiger partial charge in [-0.05, 0) is 42.5 Å². The average molecular weight is 626 g/mol. The summed E-state index contributed by atoms with van der Waals surface area (Å²) >= 11 is 15.7. The number of piperazine rings is 1. The van der Waals surface area contributed by atoms with E-state index in [1.807, 2.05) is 64.1 Å². The third-order valence-electron chi connectivity index (χ3n) is 6.67. The summed E-state index contributed by atoms with van der Waals surface area (Å²) < 4.78 is 16.1. The van der Waals surface area contributed by atoms with Gasteiger partial charge in [0.25, 0.3) is 5.91 Å². The van der Waals surface area contributed by atoms with E-state index in [4.69, 9.17) is 23.2 Å². The van der Waals surface area contributed by atoms with Crippen LogP contribution in [0.15, 0.2) is 83.3 Å². The third kappa shape index (κ3) is 5.97. The maximum Gasteiger partial charge on any atom is 0.273 e. The number of aromatic nitrogens is 4. The fraction of sp³-hybridized carbons (Fsp3) is 0.172. The van der Waals surface area contributed by atoms with Gasteiger partial charge in [0.05, 0.1) is 22.2 Å². The lowest BCUT2D eigenvalue weighted by molar-refractivity contribution is 0.0741. The summed E-state index contributed by atoms with van der Waals surface area (Å²) in [6.07, 6.45) is 0. The molecule has 7 nitrogen and oxygen atoms in total. The monoisotopic (exact) mass is 624 g/mol. The van der Waals surface area contributed by atoms with Crippen molar-refractivity contribution in [3.05, 3.63) is 105 Å². The number of thioether (sulfide) groups is 1. The van der Waals surface area contributed by atoms with E-state index in [0.29, 0.717) is 64.3 Å². The van der Waals surface area contributed by atoms with Crippen molar-refractivity contribution >= 4 is 57.9 Å². The molecule has 6 rings (SSSR count). The molecule has 2 aromatic heterocycles. The molecule has 1 amide bonds. The van der Waals surface area contributed by atoms with Crippen molar-refractivity contribution < 1.29 is 9.18 Å². The zero-order valence-electron chi connectivity index (χ0n) is 21.6. The smallest absolute Gasteiger partial charge is 0.273 e. The van der Waals surface area contributed by atoms with Crippen molar-refractivity contribution in [2.45, 2.75) is 10.9 Å². The lowest BCUT2D eigenvalue weighted by atomic mass is 10.2. The fourth-order valence-electron chi connectivity index (χ4n) is 4.65. The predicted octanol–water partition coefficient (Wildman–Crippen LogP) is 7.09. The standard InChI is InChI=1S/C29H23Cl2FN6OS2/c30-19-6-5-7-20(16-19)38-27(21-8-1-2-9-22(21)31)34-35-29(38)41-18-26-33-24(17-40-26)28(39)37-14-12-36(13-15-37)25-11-4-3-10-23(25)32/h1-11,16-17H,12-15,18H2. The minimum absolute atomic E-state index is 0.117. The van der Waals surface area contributed by atoms with Gasteiger partial charge in [0.15, 0.2) is 11.0 Å². The number of halogens is 3. The summed E-state index contributed by atoms with van der Waals surface area (Å²) in [6, 6.07) is 21.7. The molecule has 0 saturated carbocycles. The number of hydrogen-bond acceptors (Lipinski definition) is 7. The van der Waals surface area contributed by atoms with E-state index in [-0.39, 0.29) is 11.7 Å². The Labute approximate surface area is 254 Å². The number of carbonyl (C=O) groups is 1. The number of nitrogens with zero attached hydrogens (tertiary/aromatic N) is 6. The quantitative estimate of drug-likeness (QED) is 0.180. The van der Waals surface area contributed by atoms with Crippen LogP contribution in [-0.4, -0.2) is 56.7 Å². The van der Waals surface area contributed by atoms with Crippen LogP contribution < -0.4 is 4.90 Å². The van der Waals surface area contributed by atoms with Gasteiger partial charge >= 0.3 is 0 Å². The Balaban J connectivity index is 1.16. The molecule has 0 spiro atoms. The van der Waals surface area contributed by atoms with E-state index >= 15 is 0 Å². The number of amides is 1. The van der Waals surface area contributed by atoms with Gasteiger partial charge in [-0.25, -0.2) is 9.37 Å². The van der Waals surface area contributed by atoms with Gasteiger partial charge in [0.1, 0.15) is 16.5 Å². The van der Waals surface area contributed by atoms with E-state index in [2.05, 4.69) is 15.2 Å². The molecule has 0 N–H and O–H groups in total. The average Bonchev–Trinajstić information content (AvgIpc) is 3.64. The fourth-order valence-corrected chi connectivity index (χ4v) is 6.79. The SMILES string of the molecule is O=C(c1csc(CSc2nnc(-c3ccccc3Cl)n2-c2cccc(Cl)c2)n1)N1CCN(c2ccccc2F)CC1. The molecule has 3 aromatic carbocycles. The summed E-state index contributed by atoms with van der Waals surface area (Å²) in [4.78, 5) is 21.5. The molecule has 12 heteroatoms. The largest absolute Gasteiger partial charge is 0.366 e. The molecule has 1 aliphatic heterocycles. The van der Waals surface area contributed by atoms with Gasteiger partial charge in [-0.3, -0.25) is 9.36 Å². The van der Waals surface area contributed by atoms with Gasteiger partial charge in [-0.15, -0.1) is 21.5 Å². The number of anilines is 1. The van der Waals surface area contributed by atoms with Crippen LogP contribution in [0.1, 0.15) is 15.5 Å². The highest BCUT2D eigenvalue weighted by Gasteiger charge is 2.25. The first kappa shape index (κ1) is 27.7. The van der Waals surface area contributed by atoms with E-state index < -0.39 is 0 Å². The molecule has 0 unspecified atom stereocenters. The maximum absolute atomic E-state index is 14.2. The van der Waals surface area contributed by atoms with Crippen LogP contribution in [0.5, 0.6) is 0 Å². The Bertz CT molecular complexity index is 1700. The van der Waals surface area contributed by atoms with Crippen molar-refractivity contribution in [3.8, 4) is 17.1 Å². The van der Waals surface area contributed by atoms with Gasteiger partial charge in [0.2, 0.25) is 0 Å². The van der Waals surface area contributed by atoms with Crippen molar-refractivity contribution in [1.29, 1.82) is 0 Å². The Morgan fingerprint density at radius 3 is 2.51 bits per heavy atom. The van der Waals surface area contributed by atoms with Crippen LogP contribution in [0.25, 0.3) is 17.1 Å². The van der Waals surface area contributed by atoms with Gasteiger partial charge in [-0.1, -0.05) is 65.3 Å². The third-order valence-corrected chi connectivity index (χ3v) is 9.21. The molecule has 0 aliphatic carbocycles. The van der Waals surface area contributed by atoms with E-state index in [1.54, 1.807) is 22.4 Å². The molecule has 5 aromatic rings. The molecule has 3 heterocycles. The number of carbonyl (C=O) groups excluding carboxylic acids is 1. The highest BCUT2D eigenvalue weighted by Crippen LogP contribution is 2.34. The van der Waals surface area contributed by atoms with Crippen molar-refractivity contribution in [2.24, 2.45) is 0 Å². The molecule has 0 bridgehead atoms. The molecule has 1 aliphatic rings. The minimum Gasteiger partial charge on any atom is -0.366 e. The highest BCUT2D eigenvalue weighted by molar-refractivity contribution is 7.98. The number of benzene rings is 3. The second-order valence-electron chi connectivity index (χ2n) is 9.25. The second-order valence-corrected chi connectivity index (χ2v) is 12.0. The summed E-state index contributed by atoms with van der Waals surface area (Å²) in [6.45, 7) is 2.13. The van der Waals surface area contributed by atoms with E-state index in [9.17, 15) is 9.18 Å². The van der Waals surface area contributed by atoms with Crippen LogP contribution in [0.4, 0.5) is 10.1 Å². The first-order valence-corrected chi connectivity index (χ1v) is 15.4. The summed E-state index contributed by atoms with van der Waals surface area (Å²) in [5.74, 6) is 0.734. The molecule has 1 saturated heterocycles. The topological polar surface area (TPSA) is 67.2 Å². The normalized spacial score (nSPS) is 13.5. The highest BCUT2D eigenvalue weighted by atomic mass is 35.5. The van der Waals surface area contributed by atoms with Gasteiger partial charge in [-0.2, -0.15) is 0 Å².